The number of fused-ring (bicyclic) bond motifs is 1. The molecule has 1 aliphatic rings. The molecule has 0 radical (unpaired) electrons. The molecule has 2 N–H and O–H groups in total. The van der Waals surface area contributed by atoms with Crippen LogP contribution >= 0.6 is 0 Å². The van der Waals surface area contributed by atoms with Gasteiger partial charge in [0.1, 0.15) is 11.4 Å². The largest absolute Gasteiger partial charge is 0.444 e. The number of nitrogens with one attached hydrogen (secondary N) is 2. The Balaban J connectivity index is 1.46. The van der Waals surface area contributed by atoms with Crippen LogP contribution in [-0.2, 0) is 4.74 Å². The molecule has 0 bridgehead atoms. The highest BCUT2D eigenvalue weighted by molar-refractivity contribution is 5.90. The summed E-state index contributed by atoms with van der Waals surface area (Å²) < 4.78 is 5.46. The number of aromatic nitrogens is 4. The zero-order chi connectivity index (χ0) is 26.6. The number of hydrogen-bond donors (Lipinski definition) is 2. The van der Waals surface area contributed by atoms with Crippen molar-refractivity contribution in [1.82, 2.24) is 25.1 Å². The highest BCUT2D eigenvalue weighted by Gasteiger charge is 2.29. The van der Waals surface area contributed by atoms with Crippen LogP contribution in [0.5, 0.6) is 0 Å². The maximum Gasteiger partial charge on any atom is 0.410 e. The fraction of sp³-hybridized carbons (Fsp3) is 0.444. The second-order valence-corrected chi connectivity index (χ2v) is 10.5. The molecule has 4 rings (SSSR count). The van der Waals surface area contributed by atoms with E-state index in [4.69, 9.17) is 15.1 Å². The Labute approximate surface area is 217 Å². The van der Waals surface area contributed by atoms with Crippen LogP contribution in [-0.4, -0.2) is 68.3 Å². The topological polar surface area (TPSA) is 129 Å². The fourth-order valence-electron chi connectivity index (χ4n) is 3.96. The normalized spacial score (nSPS) is 16.9. The van der Waals surface area contributed by atoms with E-state index in [2.05, 4.69) is 39.3 Å². The van der Waals surface area contributed by atoms with Crippen molar-refractivity contribution in [3.63, 3.8) is 0 Å². The molecule has 1 saturated heterocycles. The minimum atomic E-state index is -0.526. The van der Waals surface area contributed by atoms with E-state index in [1.165, 1.54) is 6.21 Å². The van der Waals surface area contributed by atoms with Gasteiger partial charge in [0.2, 0.25) is 0 Å². The van der Waals surface area contributed by atoms with Gasteiger partial charge in [-0.1, -0.05) is 13.8 Å². The Bertz CT molecular complexity index is 1300. The highest BCUT2D eigenvalue weighted by atomic mass is 16.6. The summed E-state index contributed by atoms with van der Waals surface area (Å²) in [6, 6.07) is 7.61. The Kier molecular flexibility index (Phi) is 7.75. The van der Waals surface area contributed by atoms with Crippen LogP contribution < -0.4 is 5.32 Å². The van der Waals surface area contributed by atoms with E-state index in [0.717, 1.165) is 23.1 Å². The number of aliphatic imine (C=N–C) groups is 1. The third-order valence-corrected chi connectivity index (χ3v) is 5.99. The molecule has 10 nitrogen and oxygen atoms in total. The molecule has 2 atom stereocenters. The smallest absolute Gasteiger partial charge is 0.410 e. The predicted octanol–water partition coefficient (Wildman–Crippen LogP) is 5.10. The van der Waals surface area contributed by atoms with E-state index in [1.54, 1.807) is 23.5 Å². The minimum Gasteiger partial charge on any atom is -0.444 e. The van der Waals surface area contributed by atoms with Crippen LogP contribution in [0.3, 0.4) is 0 Å². The first-order chi connectivity index (χ1) is 17.6. The van der Waals surface area contributed by atoms with Gasteiger partial charge in [-0.2, -0.15) is 5.10 Å². The molecule has 37 heavy (non-hydrogen) atoms. The summed E-state index contributed by atoms with van der Waals surface area (Å²) in [5, 5.41) is 19.4. The molecule has 1 fully saturated rings. The maximum absolute atomic E-state index is 12.3. The zero-order valence-electron chi connectivity index (χ0n) is 22.0. The van der Waals surface area contributed by atoms with Crippen LogP contribution in [0.1, 0.15) is 64.0 Å². The Morgan fingerprint density at radius 2 is 2.00 bits per heavy atom. The van der Waals surface area contributed by atoms with Crippen molar-refractivity contribution in [3.8, 4) is 0 Å². The van der Waals surface area contributed by atoms with E-state index in [1.807, 2.05) is 45.0 Å². The molecule has 3 aromatic heterocycles. The van der Waals surface area contributed by atoms with Crippen LogP contribution in [0, 0.1) is 5.41 Å². The van der Waals surface area contributed by atoms with Gasteiger partial charge in [-0.25, -0.2) is 9.78 Å². The van der Waals surface area contributed by atoms with Gasteiger partial charge in [-0.05, 0) is 68.5 Å². The number of nitrogens with zero attached hydrogens (tertiary/aromatic N) is 6. The summed E-state index contributed by atoms with van der Waals surface area (Å²) >= 11 is 0. The first kappa shape index (κ1) is 26.1. The number of amides is 1. The molecule has 10 heteroatoms. The Hall–Kier alpha value is -3.95. The second kappa shape index (κ2) is 11.0. The van der Waals surface area contributed by atoms with E-state index in [9.17, 15) is 4.79 Å². The number of likely N-dealkylation sites (tertiary alicyclic amines) is 1. The van der Waals surface area contributed by atoms with Gasteiger partial charge in [0.25, 0.3) is 0 Å². The molecule has 4 heterocycles. The van der Waals surface area contributed by atoms with Crippen LogP contribution in [0.2, 0.25) is 0 Å². The van der Waals surface area contributed by atoms with Crippen molar-refractivity contribution < 1.29 is 9.53 Å². The highest BCUT2D eigenvalue weighted by Crippen LogP contribution is 2.23. The number of ether oxygens (including phenoxy) is 1. The number of rotatable bonds is 7. The first-order valence-electron chi connectivity index (χ1n) is 12.5. The SMILES string of the molecule is CC(C)c1cnnc(Nc2ccc3ncc(C(C=N)C=N[C@H]4CCN(C(=O)OC(C)(C)C)C4)cc3n2)c1. The van der Waals surface area contributed by atoms with Crippen molar-refractivity contribution in [1.29, 1.82) is 5.41 Å². The summed E-state index contributed by atoms with van der Waals surface area (Å²) in [4.78, 5) is 27.9. The zero-order valence-corrected chi connectivity index (χ0v) is 22.0. The van der Waals surface area contributed by atoms with Gasteiger partial charge in [0.05, 0.1) is 29.2 Å². The van der Waals surface area contributed by atoms with Gasteiger partial charge in [-0.15, -0.1) is 5.10 Å². The maximum atomic E-state index is 12.3. The molecule has 0 aliphatic carbocycles. The number of hydrogen-bond acceptors (Lipinski definition) is 9. The summed E-state index contributed by atoms with van der Waals surface area (Å²) in [6.07, 6.45) is 7.05. The van der Waals surface area contributed by atoms with Crippen molar-refractivity contribution >= 4 is 41.2 Å². The number of carbonyl (C=O) groups is 1. The molecule has 0 aromatic carbocycles. The lowest BCUT2D eigenvalue weighted by Gasteiger charge is -2.24. The molecule has 3 aromatic rings. The quantitative estimate of drug-likeness (QED) is 0.430. The standard InChI is InChI=1S/C27H34N8O2/c1-17(2)18-11-25(34-31-15-18)33-24-7-6-22-23(32-24)10-19(13-30-22)20(12-28)14-29-21-8-9-35(16-21)26(36)37-27(3,4)5/h6-7,10-15,17,20-21,28H,8-9,16H2,1-5H3,(H,32,33,34)/t20?,21-/m0/s1. The average molecular weight is 503 g/mol. The summed E-state index contributed by atoms with van der Waals surface area (Å²) in [7, 11) is 0. The van der Waals surface area contributed by atoms with Crippen molar-refractivity contribution in [2.45, 2.75) is 64.5 Å². The van der Waals surface area contributed by atoms with Gasteiger partial charge in [0.15, 0.2) is 5.82 Å². The van der Waals surface area contributed by atoms with E-state index in [0.29, 0.717) is 36.2 Å². The molecule has 1 amide bonds. The summed E-state index contributed by atoms with van der Waals surface area (Å²) in [5.74, 6) is 1.26. The minimum absolute atomic E-state index is 0.0278. The van der Waals surface area contributed by atoms with E-state index < -0.39 is 5.60 Å². The molecule has 1 aliphatic heterocycles. The van der Waals surface area contributed by atoms with E-state index in [-0.39, 0.29) is 18.1 Å². The Morgan fingerprint density at radius 1 is 1.19 bits per heavy atom. The summed E-state index contributed by atoms with van der Waals surface area (Å²) in [6.45, 7) is 10.9. The third-order valence-electron chi connectivity index (χ3n) is 5.99. The third kappa shape index (κ3) is 6.84. The molecule has 1 unspecified atom stereocenters. The molecular weight excluding hydrogens is 468 g/mol. The molecule has 194 valence electrons. The Morgan fingerprint density at radius 3 is 2.73 bits per heavy atom. The van der Waals surface area contributed by atoms with Crippen LogP contribution in [0.4, 0.5) is 16.4 Å². The second-order valence-electron chi connectivity index (χ2n) is 10.5. The lowest BCUT2D eigenvalue weighted by Crippen LogP contribution is -2.35. The van der Waals surface area contributed by atoms with Crippen molar-refractivity contribution in [2.75, 3.05) is 18.4 Å². The van der Waals surface area contributed by atoms with E-state index >= 15 is 0 Å². The van der Waals surface area contributed by atoms with Gasteiger partial charge < -0.3 is 20.4 Å². The van der Waals surface area contributed by atoms with Gasteiger partial charge in [-0.3, -0.25) is 9.98 Å². The lowest BCUT2D eigenvalue weighted by atomic mass is 10.0. The van der Waals surface area contributed by atoms with Crippen molar-refractivity contribution in [3.05, 3.63) is 47.8 Å². The molecule has 0 spiro atoms. The number of anilines is 2. The molecular formula is C27H34N8O2. The monoisotopic (exact) mass is 502 g/mol. The number of pyridine rings is 2. The van der Waals surface area contributed by atoms with Crippen molar-refractivity contribution in [2.24, 2.45) is 4.99 Å². The lowest BCUT2D eigenvalue weighted by molar-refractivity contribution is 0.0293. The van der Waals surface area contributed by atoms with Crippen LogP contribution in [0.15, 0.2) is 41.7 Å². The van der Waals surface area contributed by atoms with Gasteiger partial charge in [0, 0.05) is 31.7 Å². The predicted molar refractivity (Wildman–Crippen MR) is 145 cm³/mol. The first-order valence-corrected chi connectivity index (χ1v) is 12.5. The number of carbonyl (C=O) groups excluding carboxylic acids is 1. The van der Waals surface area contributed by atoms with Crippen LogP contribution in [0.25, 0.3) is 11.0 Å². The summed E-state index contributed by atoms with van der Waals surface area (Å²) in [5.41, 5.74) is 2.83. The fourth-order valence-corrected chi connectivity index (χ4v) is 3.96. The average Bonchev–Trinajstić information content (AvgIpc) is 3.33. The van der Waals surface area contributed by atoms with Gasteiger partial charge >= 0.3 is 6.09 Å². The molecule has 0 saturated carbocycles.